The topological polar surface area (TPSA) is 53.4 Å². The molecule has 0 spiro atoms. The van der Waals surface area contributed by atoms with Crippen LogP contribution in [0.15, 0.2) is 42.7 Å². The van der Waals surface area contributed by atoms with E-state index in [0.717, 1.165) is 44.8 Å². The molecule has 1 amide bonds. The van der Waals surface area contributed by atoms with Gasteiger partial charge in [-0.1, -0.05) is 0 Å². The lowest BCUT2D eigenvalue weighted by Gasteiger charge is -2.32. The molecule has 24 heavy (non-hydrogen) atoms. The highest BCUT2D eigenvalue weighted by atomic mass is 16.1. The maximum Gasteiger partial charge on any atom is 0.251 e. The van der Waals surface area contributed by atoms with Crippen LogP contribution in [-0.4, -0.2) is 71.8 Å². The Morgan fingerprint density at radius 3 is 2.58 bits per heavy atom. The van der Waals surface area contributed by atoms with Gasteiger partial charge in [-0.25, -0.2) is 4.68 Å². The predicted octanol–water partition coefficient (Wildman–Crippen LogP) is 1.24. The SMILES string of the molecule is CN1CCN(CCCNC(=O)c2ccc(-n3cccn3)cc2)CC1. The molecule has 2 heterocycles. The summed E-state index contributed by atoms with van der Waals surface area (Å²) in [5.74, 6) is -0.0135. The van der Waals surface area contributed by atoms with E-state index in [1.54, 1.807) is 10.9 Å². The van der Waals surface area contributed by atoms with Gasteiger partial charge in [-0.05, 0) is 50.3 Å². The van der Waals surface area contributed by atoms with Gasteiger partial charge in [0.05, 0.1) is 5.69 Å². The summed E-state index contributed by atoms with van der Waals surface area (Å²) in [6.07, 6.45) is 4.61. The minimum atomic E-state index is -0.0135. The average molecular weight is 327 g/mol. The highest BCUT2D eigenvalue weighted by Crippen LogP contribution is 2.08. The predicted molar refractivity (Wildman–Crippen MR) is 94.5 cm³/mol. The molecule has 1 fully saturated rings. The zero-order chi connectivity index (χ0) is 16.8. The molecule has 0 atom stereocenters. The normalized spacial score (nSPS) is 16.2. The summed E-state index contributed by atoms with van der Waals surface area (Å²) in [6.45, 7) is 6.28. The van der Waals surface area contributed by atoms with Crippen LogP contribution in [-0.2, 0) is 0 Å². The maximum atomic E-state index is 12.2. The molecule has 1 aliphatic rings. The van der Waals surface area contributed by atoms with Gasteiger partial charge < -0.3 is 15.1 Å². The number of benzene rings is 1. The molecule has 1 aromatic carbocycles. The second-order valence-electron chi connectivity index (χ2n) is 6.25. The Kier molecular flexibility index (Phi) is 5.61. The molecule has 1 N–H and O–H groups in total. The Labute approximate surface area is 143 Å². The number of rotatable bonds is 6. The van der Waals surface area contributed by atoms with Crippen LogP contribution in [0.1, 0.15) is 16.8 Å². The van der Waals surface area contributed by atoms with Crippen molar-refractivity contribution in [1.29, 1.82) is 0 Å². The number of hydrogen-bond donors (Lipinski definition) is 1. The Morgan fingerprint density at radius 1 is 1.17 bits per heavy atom. The third-order valence-electron chi connectivity index (χ3n) is 4.43. The lowest BCUT2D eigenvalue weighted by atomic mass is 10.2. The molecule has 0 bridgehead atoms. The van der Waals surface area contributed by atoms with E-state index in [4.69, 9.17) is 0 Å². The molecule has 6 heteroatoms. The van der Waals surface area contributed by atoms with Gasteiger partial charge in [0.15, 0.2) is 0 Å². The largest absolute Gasteiger partial charge is 0.352 e. The molecule has 0 aliphatic carbocycles. The zero-order valence-electron chi connectivity index (χ0n) is 14.2. The van der Waals surface area contributed by atoms with Crippen molar-refractivity contribution in [2.24, 2.45) is 0 Å². The number of carbonyl (C=O) groups is 1. The van der Waals surface area contributed by atoms with E-state index in [2.05, 4.69) is 27.3 Å². The second kappa shape index (κ2) is 8.08. The summed E-state index contributed by atoms with van der Waals surface area (Å²) in [5.41, 5.74) is 1.64. The number of hydrogen-bond acceptors (Lipinski definition) is 4. The third kappa shape index (κ3) is 4.43. The Balaban J connectivity index is 1.40. The van der Waals surface area contributed by atoms with Crippen LogP contribution in [0.25, 0.3) is 5.69 Å². The monoisotopic (exact) mass is 327 g/mol. The molecular weight excluding hydrogens is 302 g/mol. The van der Waals surface area contributed by atoms with Gasteiger partial charge in [-0.15, -0.1) is 0 Å². The minimum Gasteiger partial charge on any atom is -0.352 e. The molecule has 2 aromatic rings. The molecule has 0 unspecified atom stereocenters. The first-order valence-corrected chi connectivity index (χ1v) is 8.51. The van der Waals surface area contributed by atoms with Crippen LogP contribution in [0.4, 0.5) is 0 Å². The summed E-state index contributed by atoms with van der Waals surface area (Å²) in [4.78, 5) is 17.0. The molecule has 1 saturated heterocycles. The number of nitrogens with zero attached hydrogens (tertiary/aromatic N) is 4. The Hall–Kier alpha value is -2.18. The zero-order valence-corrected chi connectivity index (χ0v) is 14.2. The second-order valence-corrected chi connectivity index (χ2v) is 6.25. The van der Waals surface area contributed by atoms with Crippen LogP contribution in [0.3, 0.4) is 0 Å². The molecular formula is C18H25N5O. The molecule has 1 aromatic heterocycles. The molecule has 3 rings (SSSR count). The van der Waals surface area contributed by atoms with Crippen molar-refractivity contribution >= 4 is 5.91 Å². The van der Waals surface area contributed by atoms with Gasteiger partial charge in [0, 0.05) is 50.7 Å². The number of piperazine rings is 1. The fourth-order valence-corrected chi connectivity index (χ4v) is 2.87. The van der Waals surface area contributed by atoms with Crippen molar-refractivity contribution in [1.82, 2.24) is 24.9 Å². The molecule has 128 valence electrons. The van der Waals surface area contributed by atoms with Crippen LogP contribution in [0.2, 0.25) is 0 Å². The Morgan fingerprint density at radius 2 is 1.92 bits per heavy atom. The summed E-state index contributed by atoms with van der Waals surface area (Å²) in [5, 5.41) is 7.18. The Bertz CT molecular complexity index is 630. The number of nitrogens with one attached hydrogen (secondary N) is 1. The van der Waals surface area contributed by atoms with Crippen molar-refractivity contribution < 1.29 is 4.79 Å². The van der Waals surface area contributed by atoms with E-state index in [0.29, 0.717) is 12.1 Å². The van der Waals surface area contributed by atoms with E-state index in [1.165, 1.54) is 0 Å². The highest BCUT2D eigenvalue weighted by Gasteiger charge is 2.13. The fraction of sp³-hybridized carbons (Fsp3) is 0.444. The van der Waals surface area contributed by atoms with Crippen LogP contribution in [0, 0.1) is 0 Å². The molecule has 0 radical (unpaired) electrons. The molecule has 1 aliphatic heterocycles. The van der Waals surface area contributed by atoms with E-state index in [-0.39, 0.29) is 5.91 Å². The van der Waals surface area contributed by atoms with Crippen molar-refractivity contribution in [3.05, 3.63) is 48.3 Å². The third-order valence-corrected chi connectivity index (χ3v) is 4.43. The molecule has 0 saturated carbocycles. The van der Waals surface area contributed by atoms with Gasteiger partial charge in [0.2, 0.25) is 0 Å². The van der Waals surface area contributed by atoms with E-state index < -0.39 is 0 Å². The quantitative estimate of drug-likeness (QED) is 0.811. The highest BCUT2D eigenvalue weighted by molar-refractivity contribution is 5.94. The first-order valence-electron chi connectivity index (χ1n) is 8.51. The minimum absolute atomic E-state index is 0.0135. The molecule has 6 nitrogen and oxygen atoms in total. The maximum absolute atomic E-state index is 12.2. The van der Waals surface area contributed by atoms with Gasteiger partial charge in [0.25, 0.3) is 5.91 Å². The van der Waals surface area contributed by atoms with Gasteiger partial charge in [-0.2, -0.15) is 5.10 Å². The summed E-state index contributed by atoms with van der Waals surface area (Å²) >= 11 is 0. The lowest BCUT2D eigenvalue weighted by molar-refractivity contribution is 0.0949. The first-order chi connectivity index (χ1) is 11.7. The van der Waals surface area contributed by atoms with Crippen LogP contribution in [0.5, 0.6) is 0 Å². The van der Waals surface area contributed by atoms with Crippen LogP contribution < -0.4 is 5.32 Å². The van der Waals surface area contributed by atoms with E-state index in [9.17, 15) is 4.79 Å². The van der Waals surface area contributed by atoms with Gasteiger partial charge >= 0.3 is 0 Å². The summed E-state index contributed by atoms with van der Waals surface area (Å²) in [7, 11) is 2.16. The number of aromatic nitrogens is 2. The van der Waals surface area contributed by atoms with Crippen molar-refractivity contribution in [3.63, 3.8) is 0 Å². The smallest absolute Gasteiger partial charge is 0.251 e. The average Bonchev–Trinajstić information content (AvgIpc) is 3.15. The summed E-state index contributed by atoms with van der Waals surface area (Å²) < 4.78 is 1.78. The van der Waals surface area contributed by atoms with E-state index in [1.807, 2.05) is 36.5 Å². The van der Waals surface area contributed by atoms with E-state index >= 15 is 0 Å². The fourth-order valence-electron chi connectivity index (χ4n) is 2.87. The van der Waals surface area contributed by atoms with Crippen molar-refractivity contribution in [3.8, 4) is 5.69 Å². The standard InChI is InChI=1S/C18H25N5O/c1-21-12-14-22(15-13-21)10-2-8-19-18(24)16-4-6-17(7-5-16)23-11-3-9-20-23/h3-7,9,11H,2,8,10,12-15H2,1H3,(H,19,24). The lowest BCUT2D eigenvalue weighted by Crippen LogP contribution is -2.45. The van der Waals surface area contributed by atoms with Gasteiger partial charge in [0.1, 0.15) is 0 Å². The number of likely N-dealkylation sites (N-methyl/N-ethyl adjacent to an activating group) is 1. The number of amides is 1. The first kappa shape index (κ1) is 16.7. The van der Waals surface area contributed by atoms with Crippen molar-refractivity contribution in [2.75, 3.05) is 46.3 Å². The van der Waals surface area contributed by atoms with Gasteiger partial charge in [-0.3, -0.25) is 4.79 Å². The summed E-state index contributed by atoms with van der Waals surface area (Å²) in [6, 6.07) is 9.37. The number of carbonyl (C=O) groups excluding carboxylic acids is 1. The van der Waals surface area contributed by atoms with Crippen LogP contribution >= 0.6 is 0 Å². The van der Waals surface area contributed by atoms with Crippen molar-refractivity contribution in [2.45, 2.75) is 6.42 Å².